The van der Waals surface area contributed by atoms with Gasteiger partial charge in [-0.2, -0.15) is 0 Å². The topological polar surface area (TPSA) is 45.3 Å². The quantitative estimate of drug-likeness (QED) is 0.415. The molecule has 0 radical (unpaired) electrons. The third-order valence-corrected chi connectivity index (χ3v) is 2.40. The minimum atomic E-state index is 0.485. The number of hydrogen-bond donors (Lipinski definition) is 3. The first-order chi connectivity index (χ1) is 8.67. The normalized spacial score (nSPS) is 9.17. The van der Waals surface area contributed by atoms with Crippen LogP contribution >= 0.6 is 12.2 Å². The summed E-state index contributed by atoms with van der Waals surface area (Å²) in [5.41, 5.74) is 7.39. The van der Waals surface area contributed by atoms with E-state index in [0.717, 1.165) is 11.3 Å². The standard InChI is InChI=1S/C13H17N3OS/c1-4-8-14-13(18)16-15-10(2)11-6-5-7-12(9-11)17-3/h4-7,9,15H,1-2,8H2,3H3,(H2,14,16,18). The fourth-order valence-corrected chi connectivity index (χ4v) is 1.36. The summed E-state index contributed by atoms with van der Waals surface area (Å²) in [4.78, 5) is 0. The van der Waals surface area contributed by atoms with E-state index in [1.54, 1.807) is 13.2 Å². The van der Waals surface area contributed by atoms with E-state index in [4.69, 9.17) is 17.0 Å². The monoisotopic (exact) mass is 263 g/mol. The van der Waals surface area contributed by atoms with E-state index in [1.165, 1.54) is 0 Å². The lowest BCUT2D eigenvalue weighted by Gasteiger charge is -2.14. The van der Waals surface area contributed by atoms with Crippen molar-refractivity contribution in [2.24, 2.45) is 0 Å². The highest BCUT2D eigenvalue weighted by molar-refractivity contribution is 7.80. The van der Waals surface area contributed by atoms with E-state index in [1.807, 2.05) is 24.3 Å². The van der Waals surface area contributed by atoms with E-state index >= 15 is 0 Å². The summed E-state index contributed by atoms with van der Waals surface area (Å²) >= 11 is 5.04. The number of benzene rings is 1. The second-order valence-electron chi connectivity index (χ2n) is 3.46. The van der Waals surface area contributed by atoms with Gasteiger partial charge in [-0.25, -0.2) is 0 Å². The summed E-state index contributed by atoms with van der Waals surface area (Å²) < 4.78 is 5.15. The van der Waals surface area contributed by atoms with E-state index < -0.39 is 0 Å². The molecule has 5 heteroatoms. The minimum absolute atomic E-state index is 0.485. The molecule has 18 heavy (non-hydrogen) atoms. The summed E-state index contributed by atoms with van der Waals surface area (Å²) in [6.07, 6.45) is 1.73. The molecular weight excluding hydrogens is 246 g/mol. The highest BCUT2D eigenvalue weighted by atomic mass is 32.1. The third-order valence-electron chi connectivity index (χ3n) is 2.15. The SMILES string of the molecule is C=CCNC(=S)NNC(=C)c1cccc(OC)c1. The molecule has 3 N–H and O–H groups in total. The molecule has 96 valence electrons. The van der Waals surface area contributed by atoms with Gasteiger partial charge in [-0.1, -0.05) is 24.8 Å². The van der Waals surface area contributed by atoms with Crippen molar-refractivity contribution >= 4 is 23.0 Å². The summed E-state index contributed by atoms with van der Waals surface area (Å²) in [6.45, 7) is 8.12. The molecule has 0 bridgehead atoms. The smallest absolute Gasteiger partial charge is 0.185 e. The number of rotatable bonds is 6. The van der Waals surface area contributed by atoms with Crippen LogP contribution in [0.2, 0.25) is 0 Å². The van der Waals surface area contributed by atoms with Crippen LogP contribution in [0.3, 0.4) is 0 Å². The molecule has 0 aromatic heterocycles. The van der Waals surface area contributed by atoms with Crippen LogP contribution in [-0.2, 0) is 0 Å². The highest BCUT2D eigenvalue weighted by Crippen LogP contribution is 2.16. The van der Waals surface area contributed by atoms with Gasteiger partial charge in [0.15, 0.2) is 5.11 Å². The molecule has 0 heterocycles. The Balaban J connectivity index is 2.49. The van der Waals surface area contributed by atoms with Crippen molar-refractivity contribution < 1.29 is 4.74 Å². The Morgan fingerprint density at radius 3 is 2.89 bits per heavy atom. The van der Waals surface area contributed by atoms with Gasteiger partial charge >= 0.3 is 0 Å². The van der Waals surface area contributed by atoms with Gasteiger partial charge in [0.25, 0.3) is 0 Å². The second kappa shape index (κ2) is 7.34. The first kappa shape index (κ1) is 14.1. The predicted molar refractivity (Wildman–Crippen MR) is 79.1 cm³/mol. The molecule has 0 amide bonds. The molecule has 0 aliphatic carbocycles. The Morgan fingerprint density at radius 1 is 1.44 bits per heavy atom. The largest absolute Gasteiger partial charge is 0.497 e. The molecule has 0 spiro atoms. The lowest BCUT2D eigenvalue weighted by molar-refractivity contribution is 0.414. The van der Waals surface area contributed by atoms with Crippen LogP contribution in [0.15, 0.2) is 43.5 Å². The van der Waals surface area contributed by atoms with Crippen LogP contribution in [0.25, 0.3) is 5.70 Å². The Labute approximate surface area is 113 Å². The molecule has 1 rings (SSSR count). The van der Waals surface area contributed by atoms with Crippen LogP contribution < -0.4 is 20.9 Å². The predicted octanol–water partition coefficient (Wildman–Crippen LogP) is 1.82. The van der Waals surface area contributed by atoms with Crippen LogP contribution in [0.1, 0.15) is 5.56 Å². The number of hydrogen-bond acceptors (Lipinski definition) is 3. The molecule has 0 aliphatic heterocycles. The van der Waals surface area contributed by atoms with Gasteiger partial charge < -0.3 is 10.1 Å². The van der Waals surface area contributed by atoms with E-state index in [9.17, 15) is 0 Å². The van der Waals surface area contributed by atoms with Crippen molar-refractivity contribution in [3.8, 4) is 5.75 Å². The molecule has 0 unspecified atom stereocenters. The molecule has 0 saturated carbocycles. The molecule has 0 fully saturated rings. The maximum atomic E-state index is 5.15. The van der Waals surface area contributed by atoms with E-state index in [0.29, 0.717) is 17.4 Å². The van der Waals surface area contributed by atoms with E-state index in [-0.39, 0.29) is 0 Å². The molecule has 1 aromatic carbocycles. The number of nitrogens with one attached hydrogen (secondary N) is 3. The van der Waals surface area contributed by atoms with Gasteiger partial charge in [-0.15, -0.1) is 6.58 Å². The second-order valence-corrected chi connectivity index (χ2v) is 3.87. The van der Waals surface area contributed by atoms with Crippen molar-refractivity contribution in [3.05, 3.63) is 49.1 Å². The summed E-state index contributed by atoms with van der Waals surface area (Å²) in [5.74, 6) is 0.780. The first-order valence-electron chi connectivity index (χ1n) is 5.41. The molecular formula is C13H17N3OS. The van der Waals surface area contributed by atoms with Crippen LogP contribution in [0.4, 0.5) is 0 Å². The Morgan fingerprint density at radius 2 is 2.22 bits per heavy atom. The molecule has 0 saturated heterocycles. The molecule has 0 atom stereocenters. The number of methoxy groups -OCH3 is 1. The maximum absolute atomic E-state index is 5.15. The van der Waals surface area contributed by atoms with Crippen LogP contribution in [0, 0.1) is 0 Å². The van der Waals surface area contributed by atoms with Crippen molar-refractivity contribution in [1.82, 2.24) is 16.2 Å². The zero-order valence-corrected chi connectivity index (χ0v) is 11.1. The van der Waals surface area contributed by atoms with Gasteiger partial charge in [0, 0.05) is 12.1 Å². The number of ether oxygens (including phenoxy) is 1. The Hall–Kier alpha value is -2.01. The van der Waals surface area contributed by atoms with Gasteiger partial charge in [0.05, 0.1) is 12.8 Å². The van der Waals surface area contributed by atoms with Gasteiger partial charge in [0.1, 0.15) is 5.75 Å². The van der Waals surface area contributed by atoms with Crippen molar-refractivity contribution in [2.75, 3.05) is 13.7 Å². The molecule has 1 aromatic rings. The first-order valence-corrected chi connectivity index (χ1v) is 5.82. The average Bonchev–Trinajstić information content (AvgIpc) is 2.42. The minimum Gasteiger partial charge on any atom is -0.497 e. The molecule has 0 aliphatic rings. The lowest BCUT2D eigenvalue weighted by atomic mass is 10.2. The van der Waals surface area contributed by atoms with Crippen molar-refractivity contribution in [3.63, 3.8) is 0 Å². The fourth-order valence-electron chi connectivity index (χ4n) is 1.22. The van der Waals surface area contributed by atoms with Gasteiger partial charge in [0.2, 0.25) is 0 Å². The maximum Gasteiger partial charge on any atom is 0.185 e. The zero-order chi connectivity index (χ0) is 13.4. The number of thiocarbonyl (C=S) groups is 1. The van der Waals surface area contributed by atoms with Gasteiger partial charge in [-0.05, 0) is 24.4 Å². The summed E-state index contributed by atoms with van der Waals surface area (Å²) in [6, 6.07) is 7.59. The molecule has 4 nitrogen and oxygen atoms in total. The lowest BCUT2D eigenvalue weighted by Crippen LogP contribution is -2.42. The Bertz CT molecular complexity index is 446. The number of hydrazine groups is 1. The average molecular weight is 263 g/mol. The zero-order valence-electron chi connectivity index (χ0n) is 10.3. The Kier molecular flexibility index (Phi) is 5.73. The van der Waals surface area contributed by atoms with Crippen LogP contribution in [-0.4, -0.2) is 18.8 Å². The fraction of sp³-hybridized carbons (Fsp3) is 0.154. The third kappa shape index (κ3) is 4.47. The summed E-state index contributed by atoms with van der Waals surface area (Å²) in [5, 5.41) is 3.42. The van der Waals surface area contributed by atoms with Crippen LogP contribution in [0.5, 0.6) is 5.75 Å². The van der Waals surface area contributed by atoms with Crippen molar-refractivity contribution in [2.45, 2.75) is 0 Å². The summed E-state index contributed by atoms with van der Waals surface area (Å²) in [7, 11) is 1.63. The van der Waals surface area contributed by atoms with E-state index in [2.05, 4.69) is 29.3 Å². The highest BCUT2D eigenvalue weighted by Gasteiger charge is 2.00. The van der Waals surface area contributed by atoms with Crippen molar-refractivity contribution in [1.29, 1.82) is 0 Å². The van der Waals surface area contributed by atoms with Gasteiger partial charge in [-0.3, -0.25) is 10.9 Å².